The molecule has 65 heavy (non-hydrogen) atoms. The smallest absolute Gasteiger partial charge is 0.0499 e. The van der Waals surface area contributed by atoms with E-state index in [4.69, 9.17) is 0 Å². The van der Waals surface area contributed by atoms with Gasteiger partial charge in [0.25, 0.3) is 0 Å². The molecule has 0 aliphatic heterocycles. The maximum absolute atomic E-state index is 2.69. The zero-order chi connectivity index (χ0) is 43.6. The molecule has 0 fully saturated rings. The van der Waals surface area contributed by atoms with Gasteiger partial charge in [-0.15, -0.1) is 0 Å². The normalized spacial score (nSPS) is 19.2. The Morgan fingerprint density at radius 3 is 1.95 bits per heavy atom. The molecule has 3 aliphatic carbocycles. The van der Waals surface area contributed by atoms with Crippen molar-refractivity contribution in [2.75, 3.05) is 9.80 Å². The second kappa shape index (κ2) is 15.8. The second-order valence-corrected chi connectivity index (χ2v) is 19.2. The van der Waals surface area contributed by atoms with Crippen molar-refractivity contribution in [1.29, 1.82) is 0 Å². The summed E-state index contributed by atoms with van der Waals surface area (Å²) in [6, 6.07) is 65.9. The van der Waals surface area contributed by atoms with Crippen molar-refractivity contribution in [3.05, 3.63) is 222 Å². The van der Waals surface area contributed by atoms with E-state index in [9.17, 15) is 0 Å². The molecule has 0 amide bonds. The Labute approximate surface area is 383 Å². The van der Waals surface area contributed by atoms with E-state index in [2.05, 4.69) is 231 Å². The topological polar surface area (TPSA) is 6.48 Å². The van der Waals surface area contributed by atoms with Crippen LogP contribution in [-0.2, 0) is 12.8 Å². The van der Waals surface area contributed by atoms with Gasteiger partial charge < -0.3 is 9.80 Å². The van der Waals surface area contributed by atoms with Crippen LogP contribution >= 0.6 is 0 Å². The first-order valence-electron chi connectivity index (χ1n) is 23.7. The van der Waals surface area contributed by atoms with E-state index < -0.39 is 0 Å². The molecule has 12 rings (SSSR count). The number of hydrogen-bond acceptors (Lipinski definition) is 2. The molecule has 0 aromatic heterocycles. The zero-order valence-corrected chi connectivity index (χ0v) is 37.6. The first-order chi connectivity index (χ1) is 31.9. The van der Waals surface area contributed by atoms with Gasteiger partial charge in [-0.25, -0.2) is 0 Å². The fourth-order valence-electron chi connectivity index (χ4n) is 11.9. The Morgan fingerprint density at radius 1 is 0.569 bits per heavy atom. The molecule has 0 heterocycles. The molecule has 9 aromatic carbocycles. The molecule has 2 nitrogen and oxygen atoms in total. The Hall–Kier alpha value is -7.16. The zero-order valence-electron chi connectivity index (χ0n) is 37.6. The van der Waals surface area contributed by atoms with Crippen molar-refractivity contribution in [2.24, 2.45) is 11.8 Å². The van der Waals surface area contributed by atoms with Crippen molar-refractivity contribution >= 4 is 72.4 Å². The van der Waals surface area contributed by atoms with Crippen LogP contribution < -0.4 is 9.80 Å². The number of nitrogens with zero attached hydrogens (tertiary/aromatic N) is 2. The van der Waals surface area contributed by atoms with Crippen LogP contribution in [0.2, 0.25) is 0 Å². The molecule has 0 N–H and O–H groups in total. The monoisotopic (exact) mass is 838 g/mol. The van der Waals surface area contributed by atoms with Gasteiger partial charge in [0.1, 0.15) is 0 Å². The molecule has 3 aliphatic rings. The number of para-hydroxylation sites is 2. The lowest BCUT2D eigenvalue weighted by Crippen LogP contribution is -2.48. The van der Waals surface area contributed by atoms with E-state index in [1.807, 2.05) is 0 Å². The summed E-state index contributed by atoms with van der Waals surface area (Å²) in [4.78, 5) is 5.12. The third kappa shape index (κ3) is 6.69. The first-order valence-corrected chi connectivity index (χ1v) is 23.7. The van der Waals surface area contributed by atoms with E-state index in [-0.39, 0.29) is 5.54 Å². The Kier molecular flexibility index (Phi) is 9.60. The van der Waals surface area contributed by atoms with Crippen LogP contribution in [0.3, 0.4) is 0 Å². The lowest BCUT2D eigenvalue weighted by molar-refractivity contribution is 0.376. The maximum atomic E-state index is 2.69. The largest absolute Gasteiger partial charge is 0.335 e. The minimum Gasteiger partial charge on any atom is -0.335 e. The minimum atomic E-state index is -0.107. The Bertz CT molecular complexity index is 3340. The van der Waals surface area contributed by atoms with Gasteiger partial charge in [0.15, 0.2) is 0 Å². The third-order valence-electron chi connectivity index (χ3n) is 14.8. The molecular weight excluding hydrogens is 785 g/mol. The van der Waals surface area contributed by atoms with Crippen LogP contribution in [0.25, 0.3) is 60.8 Å². The van der Waals surface area contributed by atoms with Gasteiger partial charge in [-0.3, -0.25) is 0 Å². The summed E-state index contributed by atoms with van der Waals surface area (Å²) in [5.74, 6) is 0.837. The summed E-state index contributed by atoms with van der Waals surface area (Å²) in [5, 5.41) is 7.99. The summed E-state index contributed by atoms with van der Waals surface area (Å²) in [7, 11) is 0. The quantitative estimate of drug-likeness (QED) is 0.141. The highest BCUT2D eigenvalue weighted by molar-refractivity contribution is 6.27. The first kappa shape index (κ1) is 39.4. The summed E-state index contributed by atoms with van der Waals surface area (Å²) >= 11 is 0. The van der Waals surface area contributed by atoms with Crippen LogP contribution in [-0.4, -0.2) is 5.54 Å². The summed E-state index contributed by atoms with van der Waals surface area (Å²) < 4.78 is 0. The van der Waals surface area contributed by atoms with Gasteiger partial charge in [-0.05, 0) is 165 Å². The van der Waals surface area contributed by atoms with E-state index in [0.717, 1.165) is 37.8 Å². The van der Waals surface area contributed by atoms with Crippen molar-refractivity contribution in [1.82, 2.24) is 0 Å². The number of fused-ring (bicyclic) bond motifs is 2. The second-order valence-electron chi connectivity index (χ2n) is 19.2. The summed E-state index contributed by atoms with van der Waals surface area (Å²) in [6.07, 6.45) is 14.9. The molecule has 0 saturated carbocycles. The van der Waals surface area contributed by atoms with Gasteiger partial charge in [0.05, 0.1) is 0 Å². The lowest BCUT2D eigenvalue weighted by atomic mass is 9.72. The molecule has 3 atom stereocenters. The highest BCUT2D eigenvalue weighted by Gasteiger charge is 2.40. The SMILES string of the molecule is CC1C=C(N(c2ccccc2)C2(C)CC=C(c3ccc4ccc5c(-c6ccc(N(c7ccccc7)c7cccc8c7CCC=C8)cc6)ccc6ccc3c4c65)C(C)C2)c2ccccc2C1. The maximum Gasteiger partial charge on any atom is 0.0499 e. The molecule has 0 bridgehead atoms. The summed E-state index contributed by atoms with van der Waals surface area (Å²) in [6.45, 7) is 7.32. The number of benzene rings is 9. The van der Waals surface area contributed by atoms with Crippen LogP contribution in [0.4, 0.5) is 22.7 Å². The van der Waals surface area contributed by atoms with Crippen LogP contribution in [0, 0.1) is 11.8 Å². The van der Waals surface area contributed by atoms with Crippen LogP contribution in [0.15, 0.2) is 194 Å². The minimum absolute atomic E-state index is 0.107. The van der Waals surface area contributed by atoms with Crippen LogP contribution in [0.5, 0.6) is 0 Å². The average Bonchev–Trinajstić information content (AvgIpc) is 3.34. The van der Waals surface area contributed by atoms with Crippen molar-refractivity contribution in [3.63, 3.8) is 0 Å². The Balaban J connectivity index is 0.925. The van der Waals surface area contributed by atoms with E-state index >= 15 is 0 Å². The van der Waals surface area contributed by atoms with Crippen molar-refractivity contribution < 1.29 is 0 Å². The predicted octanol–water partition coefficient (Wildman–Crippen LogP) is 17.0. The van der Waals surface area contributed by atoms with Gasteiger partial charge in [-0.1, -0.05) is 172 Å². The highest BCUT2D eigenvalue weighted by Crippen LogP contribution is 2.50. The van der Waals surface area contributed by atoms with Gasteiger partial charge in [0.2, 0.25) is 0 Å². The lowest BCUT2D eigenvalue weighted by Gasteiger charge is -2.49. The molecule has 0 saturated heterocycles. The fraction of sp³-hybridized carbons (Fsp3) is 0.175. The molecule has 3 unspecified atom stereocenters. The van der Waals surface area contributed by atoms with Crippen LogP contribution in [0.1, 0.15) is 67.9 Å². The van der Waals surface area contributed by atoms with Gasteiger partial charge in [-0.2, -0.15) is 0 Å². The average molecular weight is 839 g/mol. The van der Waals surface area contributed by atoms with Gasteiger partial charge >= 0.3 is 0 Å². The molecule has 316 valence electrons. The highest BCUT2D eigenvalue weighted by atomic mass is 15.2. The molecular formula is C63H54N2. The fourth-order valence-corrected chi connectivity index (χ4v) is 11.9. The number of allylic oxidation sites excluding steroid dienone is 3. The van der Waals surface area contributed by atoms with E-state index in [1.54, 1.807) is 0 Å². The predicted molar refractivity (Wildman–Crippen MR) is 279 cm³/mol. The third-order valence-corrected chi connectivity index (χ3v) is 14.8. The number of hydrogen-bond donors (Lipinski definition) is 0. The van der Waals surface area contributed by atoms with E-state index in [0.29, 0.717) is 11.8 Å². The van der Waals surface area contributed by atoms with E-state index in [1.165, 1.54) is 99.6 Å². The number of rotatable bonds is 8. The Morgan fingerprint density at radius 2 is 1.22 bits per heavy atom. The van der Waals surface area contributed by atoms with Gasteiger partial charge in [0, 0.05) is 39.5 Å². The molecule has 0 spiro atoms. The standard InChI is InChI=1S/C63H54N2/c1-42-39-48-16-11-13-23-55(48)60(40-42)65(51-20-8-5-9-21-51)63(3)38-37-52(43(2)41-63)56-34-28-47-29-35-57-53(33-27-46-30-36-58(56)62(47)61(46)57)45-25-31-50(32-26-45)64(49-18-6-4-7-19-49)59-24-14-17-44-15-10-12-22-54(44)59/h4-11,13-21,23-37,40,42-43H,12,22,38-39,41H2,1-3H3. The molecule has 0 radical (unpaired) electrons. The number of anilines is 4. The van der Waals surface area contributed by atoms with Crippen molar-refractivity contribution in [3.8, 4) is 11.1 Å². The summed E-state index contributed by atoms with van der Waals surface area (Å²) in [5.41, 5.74) is 17.0. The molecule has 9 aromatic rings. The van der Waals surface area contributed by atoms with Crippen molar-refractivity contribution in [2.45, 2.75) is 58.4 Å². The molecule has 2 heteroatoms.